The van der Waals surface area contributed by atoms with Gasteiger partial charge in [0.05, 0.1) is 24.3 Å². The van der Waals surface area contributed by atoms with Gasteiger partial charge in [0.2, 0.25) is 5.91 Å². The van der Waals surface area contributed by atoms with Gasteiger partial charge in [0, 0.05) is 31.5 Å². The first-order valence-corrected chi connectivity index (χ1v) is 11.2. The van der Waals surface area contributed by atoms with E-state index in [-0.39, 0.29) is 23.9 Å². The van der Waals surface area contributed by atoms with Gasteiger partial charge < -0.3 is 16.0 Å². The van der Waals surface area contributed by atoms with Crippen molar-refractivity contribution >= 4 is 17.6 Å². The molecule has 6 rings (SSSR count). The SMILES string of the molecule is Nc1nccc2c1CCC2NC(=O)c1cnn(Cc2ccc(CN3C[C@H]4N[C@H]4C3=O)cc2)c1. The summed E-state index contributed by atoms with van der Waals surface area (Å²) in [5.41, 5.74) is 10.8. The number of hydrogen-bond donors (Lipinski definition) is 3. The Morgan fingerprint density at radius 3 is 2.73 bits per heavy atom. The number of carbonyl (C=O) groups is 2. The van der Waals surface area contributed by atoms with E-state index in [4.69, 9.17) is 5.73 Å². The molecule has 0 spiro atoms. The Kier molecular flexibility index (Phi) is 4.65. The topological polar surface area (TPSA) is 128 Å². The summed E-state index contributed by atoms with van der Waals surface area (Å²) in [4.78, 5) is 30.9. The number of hydrogen-bond acceptors (Lipinski definition) is 6. The van der Waals surface area contributed by atoms with Gasteiger partial charge in [0.1, 0.15) is 11.9 Å². The van der Waals surface area contributed by atoms with Crippen LogP contribution in [0, 0.1) is 0 Å². The fourth-order valence-electron chi connectivity index (χ4n) is 4.93. The van der Waals surface area contributed by atoms with Crippen LogP contribution in [0.5, 0.6) is 0 Å². The van der Waals surface area contributed by atoms with E-state index in [9.17, 15) is 9.59 Å². The summed E-state index contributed by atoms with van der Waals surface area (Å²) in [6.07, 6.45) is 6.68. The molecule has 2 saturated heterocycles. The lowest BCUT2D eigenvalue weighted by atomic mass is 10.1. The largest absolute Gasteiger partial charge is 0.383 e. The quantitative estimate of drug-likeness (QED) is 0.488. The van der Waals surface area contributed by atoms with E-state index in [0.29, 0.717) is 30.5 Å². The molecular formula is C24H25N7O2. The molecule has 2 aromatic heterocycles. The van der Waals surface area contributed by atoms with E-state index in [1.807, 2.05) is 23.1 Å². The van der Waals surface area contributed by atoms with Gasteiger partial charge in [0.15, 0.2) is 0 Å². The molecule has 1 aromatic carbocycles. The Labute approximate surface area is 191 Å². The van der Waals surface area contributed by atoms with Gasteiger partial charge in [-0.05, 0) is 41.2 Å². The lowest BCUT2D eigenvalue weighted by molar-refractivity contribution is -0.129. The number of carbonyl (C=O) groups excluding carboxylic acids is 2. The van der Waals surface area contributed by atoms with Crippen LogP contribution in [0.3, 0.4) is 0 Å². The van der Waals surface area contributed by atoms with Crippen molar-refractivity contribution in [1.29, 1.82) is 0 Å². The predicted molar refractivity (Wildman–Crippen MR) is 121 cm³/mol. The zero-order valence-corrected chi connectivity index (χ0v) is 18.1. The Balaban J connectivity index is 1.06. The number of fused-ring (bicyclic) bond motifs is 2. The highest BCUT2D eigenvalue weighted by molar-refractivity contribution is 5.94. The second kappa shape index (κ2) is 7.70. The van der Waals surface area contributed by atoms with Crippen molar-refractivity contribution in [1.82, 2.24) is 30.3 Å². The number of nitrogen functional groups attached to an aromatic ring is 1. The van der Waals surface area contributed by atoms with Crippen molar-refractivity contribution in [3.63, 3.8) is 0 Å². The van der Waals surface area contributed by atoms with E-state index in [1.165, 1.54) is 0 Å². The zero-order chi connectivity index (χ0) is 22.5. The number of amides is 2. The number of likely N-dealkylation sites (tertiary alicyclic amines) is 1. The molecule has 2 aliphatic heterocycles. The zero-order valence-electron chi connectivity index (χ0n) is 18.1. The molecular weight excluding hydrogens is 418 g/mol. The van der Waals surface area contributed by atoms with Crippen molar-refractivity contribution in [3.05, 3.63) is 76.7 Å². The third-order valence-electron chi connectivity index (χ3n) is 6.81. The number of piperazine rings is 1. The molecule has 3 aromatic rings. The van der Waals surface area contributed by atoms with Crippen LogP contribution in [-0.2, 0) is 24.3 Å². The molecule has 33 heavy (non-hydrogen) atoms. The van der Waals surface area contributed by atoms with Crippen molar-refractivity contribution in [2.24, 2.45) is 0 Å². The first-order valence-electron chi connectivity index (χ1n) is 11.2. The van der Waals surface area contributed by atoms with Crippen LogP contribution in [0.25, 0.3) is 0 Å². The standard InChI is InChI=1S/C24H25N7O2/c25-22-18-5-6-19(17(18)7-8-26-22)29-23(32)16-9-27-31(12-16)11-15-3-1-14(2-4-15)10-30-13-20-21(28-20)24(30)33/h1-4,7-9,12,19-21,28H,5-6,10-11,13H2,(H2,25,26)(H,29,32)/t19?,20-,21-/m1/s1. The van der Waals surface area contributed by atoms with Gasteiger partial charge in [-0.3, -0.25) is 19.6 Å². The second-order valence-electron chi connectivity index (χ2n) is 9.04. The van der Waals surface area contributed by atoms with Gasteiger partial charge in [-0.2, -0.15) is 5.10 Å². The average molecular weight is 444 g/mol. The van der Waals surface area contributed by atoms with Gasteiger partial charge in [-0.25, -0.2) is 4.98 Å². The highest BCUT2D eigenvalue weighted by Crippen LogP contribution is 2.33. The summed E-state index contributed by atoms with van der Waals surface area (Å²) < 4.78 is 1.76. The third-order valence-corrected chi connectivity index (χ3v) is 6.81. The monoisotopic (exact) mass is 443 g/mol. The molecule has 0 saturated carbocycles. The van der Waals surface area contributed by atoms with Crippen LogP contribution < -0.4 is 16.4 Å². The van der Waals surface area contributed by atoms with Crippen molar-refractivity contribution in [2.45, 2.75) is 44.1 Å². The summed E-state index contributed by atoms with van der Waals surface area (Å²) in [6.45, 7) is 2.00. The number of aromatic nitrogens is 3. The van der Waals surface area contributed by atoms with Gasteiger partial charge in [-0.15, -0.1) is 0 Å². The Hall–Kier alpha value is -3.72. The first-order chi connectivity index (χ1) is 16.0. The minimum absolute atomic E-state index is 0.0500. The average Bonchev–Trinajstić information content (AvgIpc) is 3.10. The molecule has 1 aliphatic carbocycles. The maximum atomic E-state index is 12.8. The van der Waals surface area contributed by atoms with E-state index in [1.54, 1.807) is 23.3 Å². The van der Waals surface area contributed by atoms with Gasteiger partial charge >= 0.3 is 0 Å². The minimum atomic E-state index is -0.146. The van der Waals surface area contributed by atoms with E-state index in [0.717, 1.165) is 41.6 Å². The number of benzene rings is 1. The first kappa shape index (κ1) is 19.9. The molecule has 3 atom stereocenters. The van der Waals surface area contributed by atoms with Crippen molar-refractivity contribution in [3.8, 4) is 0 Å². The summed E-state index contributed by atoms with van der Waals surface area (Å²) in [7, 11) is 0. The molecule has 9 heteroatoms. The van der Waals surface area contributed by atoms with Crippen LogP contribution >= 0.6 is 0 Å². The molecule has 1 unspecified atom stereocenters. The number of rotatable bonds is 6. The van der Waals surface area contributed by atoms with Crippen molar-refractivity contribution in [2.75, 3.05) is 12.3 Å². The summed E-state index contributed by atoms with van der Waals surface area (Å²) in [5, 5.41) is 10.6. The number of nitrogens with one attached hydrogen (secondary N) is 2. The molecule has 2 amide bonds. The number of anilines is 1. The lowest BCUT2D eigenvalue weighted by Gasteiger charge is -2.18. The molecule has 0 radical (unpaired) electrons. The fourth-order valence-corrected chi connectivity index (χ4v) is 4.93. The normalized spacial score (nSPS) is 22.8. The summed E-state index contributed by atoms with van der Waals surface area (Å²) in [5.74, 6) is 0.601. The highest BCUT2D eigenvalue weighted by Gasteiger charge is 2.51. The maximum Gasteiger partial charge on any atom is 0.254 e. The maximum absolute atomic E-state index is 12.8. The molecule has 4 N–H and O–H groups in total. The second-order valence-corrected chi connectivity index (χ2v) is 9.04. The fraction of sp³-hybridized carbons (Fsp3) is 0.333. The third kappa shape index (κ3) is 3.74. The highest BCUT2D eigenvalue weighted by atomic mass is 16.2. The Morgan fingerprint density at radius 1 is 1.18 bits per heavy atom. The molecule has 2 fully saturated rings. The van der Waals surface area contributed by atoms with Crippen molar-refractivity contribution < 1.29 is 9.59 Å². The molecule has 168 valence electrons. The van der Waals surface area contributed by atoms with E-state index in [2.05, 4.69) is 32.8 Å². The van der Waals surface area contributed by atoms with Crippen LogP contribution in [0.4, 0.5) is 5.82 Å². The Morgan fingerprint density at radius 2 is 1.97 bits per heavy atom. The molecule has 3 aliphatic rings. The van der Waals surface area contributed by atoms with Crippen LogP contribution in [0.2, 0.25) is 0 Å². The molecule has 9 nitrogen and oxygen atoms in total. The number of nitrogens with zero attached hydrogens (tertiary/aromatic N) is 4. The minimum Gasteiger partial charge on any atom is -0.383 e. The van der Waals surface area contributed by atoms with Crippen LogP contribution in [0.15, 0.2) is 48.9 Å². The Bertz CT molecular complexity index is 1240. The number of nitrogens with two attached hydrogens (primary N) is 1. The predicted octanol–water partition coefficient (Wildman–Crippen LogP) is 1.01. The molecule has 4 heterocycles. The smallest absolute Gasteiger partial charge is 0.254 e. The van der Waals surface area contributed by atoms with Gasteiger partial charge in [0.25, 0.3) is 5.91 Å². The van der Waals surface area contributed by atoms with Crippen LogP contribution in [-0.4, -0.2) is 50.1 Å². The van der Waals surface area contributed by atoms with Gasteiger partial charge in [-0.1, -0.05) is 24.3 Å². The summed E-state index contributed by atoms with van der Waals surface area (Å²) in [6, 6.07) is 10.5. The summed E-state index contributed by atoms with van der Waals surface area (Å²) >= 11 is 0. The lowest BCUT2D eigenvalue weighted by Crippen LogP contribution is -2.32. The molecule has 0 bridgehead atoms. The number of pyridine rings is 1. The van der Waals surface area contributed by atoms with E-state index < -0.39 is 0 Å². The van der Waals surface area contributed by atoms with Crippen LogP contribution in [0.1, 0.15) is 45.1 Å². The van der Waals surface area contributed by atoms with E-state index >= 15 is 0 Å².